The largest absolute Gasteiger partial charge is 0.481 e. The Balaban J connectivity index is 0. The van der Waals surface area contributed by atoms with Gasteiger partial charge >= 0.3 is 11.9 Å². The summed E-state index contributed by atoms with van der Waals surface area (Å²) in [6, 6.07) is -0.977. The number of ether oxygens (including phenoxy) is 4. The van der Waals surface area contributed by atoms with Crippen LogP contribution in [0.1, 0.15) is 188 Å². The number of ketones is 2. The molecule has 59 heavy (non-hydrogen) atoms. The predicted molar refractivity (Wildman–Crippen MR) is 231 cm³/mol. The Morgan fingerprint density at radius 1 is 0.458 bits per heavy atom. The van der Waals surface area contributed by atoms with Crippen molar-refractivity contribution in [1.29, 1.82) is 0 Å². The minimum Gasteiger partial charge on any atom is -0.481 e. The molecule has 0 fully saturated rings. The quantitative estimate of drug-likeness (QED) is 0.0429. The first-order valence-corrected chi connectivity index (χ1v) is 22.9. The molecule has 0 saturated heterocycles. The van der Waals surface area contributed by atoms with E-state index in [2.05, 4.69) is 17.6 Å². The molecular weight excluding hydrogens is 760 g/mol. The van der Waals surface area contributed by atoms with Crippen LogP contribution in [0.15, 0.2) is 0 Å². The molecule has 14 heteroatoms. The zero-order valence-electron chi connectivity index (χ0n) is 37.3. The van der Waals surface area contributed by atoms with E-state index in [-0.39, 0.29) is 49.4 Å². The first-order valence-electron chi connectivity index (χ1n) is 22.9. The Hall–Kier alpha value is -2.94. The number of Topliss-reactive ketones (excluding diaryl/α,β-unsaturated/α-hetero) is 2. The van der Waals surface area contributed by atoms with Crippen LogP contribution in [0.5, 0.6) is 0 Å². The van der Waals surface area contributed by atoms with Crippen molar-refractivity contribution in [3.8, 4) is 0 Å². The summed E-state index contributed by atoms with van der Waals surface area (Å²) in [6.07, 6.45) is 24.3. The number of nitrogens with one attached hydrogen (secondary N) is 2. The summed E-state index contributed by atoms with van der Waals surface area (Å²) < 4.78 is 21.1. The highest BCUT2D eigenvalue weighted by atomic mass is 16.5. The second-order valence-electron chi connectivity index (χ2n) is 15.1. The van der Waals surface area contributed by atoms with Crippen LogP contribution in [0.25, 0.3) is 0 Å². The van der Waals surface area contributed by atoms with Gasteiger partial charge in [-0.3, -0.25) is 24.0 Å². The molecule has 0 saturated carbocycles. The van der Waals surface area contributed by atoms with E-state index < -0.39 is 18.0 Å². The van der Waals surface area contributed by atoms with Crippen molar-refractivity contribution < 1.29 is 57.9 Å². The smallest absolute Gasteiger partial charge is 0.326 e. The average molecular weight is 845 g/mol. The predicted octanol–water partition coefficient (Wildman–Crippen LogP) is 8.15. The van der Waals surface area contributed by atoms with Gasteiger partial charge in [0.25, 0.3) is 0 Å². The second-order valence-corrected chi connectivity index (χ2v) is 15.1. The van der Waals surface area contributed by atoms with Gasteiger partial charge in [-0.1, -0.05) is 124 Å². The monoisotopic (exact) mass is 845 g/mol. The Morgan fingerprint density at radius 2 is 0.932 bits per heavy atom. The van der Waals surface area contributed by atoms with E-state index >= 15 is 0 Å². The van der Waals surface area contributed by atoms with E-state index in [9.17, 15) is 33.9 Å². The number of unbranched alkanes of at least 4 members (excludes halogenated alkanes) is 17. The fourth-order valence-corrected chi connectivity index (χ4v) is 5.94. The molecule has 4 N–H and O–H groups in total. The third-order valence-electron chi connectivity index (χ3n) is 9.50. The maximum Gasteiger partial charge on any atom is 0.326 e. The maximum absolute atomic E-state index is 12.0. The summed E-state index contributed by atoms with van der Waals surface area (Å²) >= 11 is 0. The summed E-state index contributed by atoms with van der Waals surface area (Å²) in [5.74, 6) is -2.04. The molecule has 0 aliphatic rings. The lowest BCUT2D eigenvalue weighted by atomic mass is 10.0. The van der Waals surface area contributed by atoms with Gasteiger partial charge in [0, 0.05) is 45.3 Å². The highest BCUT2D eigenvalue weighted by Gasteiger charge is 2.20. The summed E-state index contributed by atoms with van der Waals surface area (Å²) in [7, 11) is 0. The molecule has 0 unspecified atom stereocenters. The molecular formula is C45H84N2O12. The molecule has 346 valence electrons. The van der Waals surface area contributed by atoms with Gasteiger partial charge in [-0.15, -0.1) is 0 Å². The second kappa shape index (κ2) is 46.1. The third-order valence-corrected chi connectivity index (χ3v) is 9.50. The fraction of sp³-hybridized carbons (Fsp3) is 0.867. The lowest BCUT2D eigenvalue weighted by Gasteiger charge is -2.14. The molecule has 0 spiro atoms. The standard InChI is InChI=1S/C25H45NO6.C20H39NO6/c1-2-21(27)19-20-22(25(31)32)26-23(28)17-15-13-11-9-7-5-3-4-6-8-10-12-14-16-18-24(29)30;1-3-5-6-7-8-9-19(22)17-26-15-14-25-12-10-21-20(23)18-27-16-13-24-11-4-2/h22H,2-20H2,1H3,(H,26,28)(H,29,30)(H,31,32);3-18H2,1-2H3,(H,21,23)/t22-;/m0./s1. The first kappa shape index (κ1) is 58.2. The number of hydrogen-bond donors (Lipinski definition) is 4. The van der Waals surface area contributed by atoms with Gasteiger partial charge in [-0.25, -0.2) is 4.79 Å². The van der Waals surface area contributed by atoms with E-state index in [1.54, 1.807) is 6.92 Å². The van der Waals surface area contributed by atoms with Gasteiger partial charge in [0.2, 0.25) is 11.8 Å². The van der Waals surface area contributed by atoms with Crippen LogP contribution in [-0.2, 0) is 47.7 Å². The van der Waals surface area contributed by atoms with Gasteiger partial charge in [0.1, 0.15) is 25.0 Å². The average Bonchev–Trinajstić information content (AvgIpc) is 3.21. The zero-order chi connectivity index (χ0) is 44.0. The van der Waals surface area contributed by atoms with Crippen LogP contribution in [0, 0.1) is 0 Å². The molecule has 2 amide bonds. The molecule has 0 rings (SSSR count). The van der Waals surface area contributed by atoms with Crippen LogP contribution in [0.4, 0.5) is 0 Å². The molecule has 0 aromatic carbocycles. The summed E-state index contributed by atoms with van der Waals surface area (Å²) in [5.41, 5.74) is 0. The number of carbonyl (C=O) groups excluding carboxylic acids is 4. The zero-order valence-corrected chi connectivity index (χ0v) is 37.3. The Morgan fingerprint density at radius 3 is 1.44 bits per heavy atom. The number of rotatable bonds is 44. The van der Waals surface area contributed by atoms with E-state index in [4.69, 9.17) is 24.1 Å². The van der Waals surface area contributed by atoms with Crippen LogP contribution >= 0.6 is 0 Å². The van der Waals surface area contributed by atoms with Crippen molar-refractivity contribution >= 4 is 35.3 Å². The Bertz CT molecular complexity index is 1040. The molecule has 14 nitrogen and oxygen atoms in total. The van der Waals surface area contributed by atoms with E-state index in [0.29, 0.717) is 71.9 Å². The van der Waals surface area contributed by atoms with Gasteiger partial charge in [0.15, 0.2) is 5.78 Å². The highest BCUT2D eigenvalue weighted by molar-refractivity contribution is 5.84. The Kier molecular flexibility index (Phi) is 45.5. The summed E-state index contributed by atoms with van der Waals surface area (Å²) in [6.45, 7) is 9.40. The SMILES string of the molecule is CCC(=O)CC[C@H](NC(=O)CCCCCCCCCCCCCCCCC(=O)O)C(=O)O.CCCCCCCC(=O)COCCOCCNC(=O)COCCOCCC. The van der Waals surface area contributed by atoms with Crippen LogP contribution in [0.3, 0.4) is 0 Å². The minimum absolute atomic E-state index is 0.00969. The van der Waals surface area contributed by atoms with E-state index in [0.717, 1.165) is 57.8 Å². The van der Waals surface area contributed by atoms with Crippen molar-refractivity contribution in [3.05, 3.63) is 0 Å². The van der Waals surface area contributed by atoms with Crippen LogP contribution in [-0.4, -0.2) is 111 Å². The van der Waals surface area contributed by atoms with Crippen LogP contribution in [0.2, 0.25) is 0 Å². The number of carboxylic acid groups (broad SMARTS) is 2. The lowest BCUT2D eigenvalue weighted by Crippen LogP contribution is -2.41. The molecule has 0 radical (unpaired) electrons. The molecule has 0 heterocycles. The molecule has 0 aliphatic heterocycles. The highest BCUT2D eigenvalue weighted by Crippen LogP contribution is 2.14. The van der Waals surface area contributed by atoms with Crippen molar-refractivity contribution in [3.63, 3.8) is 0 Å². The maximum atomic E-state index is 12.0. The third kappa shape index (κ3) is 47.6. The molecule has 0 aromatic rings. The van der Waals surface area contributed by atoms with Crippen molar-refractivity contribution in [2.24, 2.45) is 0 Å². The minimum atomic E-state index is -1.09. The van der Waals surface area contributed by atoms with Gasteiger partial charge < -0.3 is 39.8 Å². The summed E-state index contributed by atoms with van der Waals surface area (Å²) in [4.78, 5) is 68.0. The van der Waals surface area contributed by atoms with Gasteiger partial charge in [0.05, 0.1) is 33.0 Å². The lowest BCUT2D eigenvalue weighted by molar-refractivity contribution is -0.142. The molecule has 0 bridgehead atoms. The molecule has 1 atom stereocenters. The van der Waals surface area contributed by atoms with E-state index in [1.807, 2.05) is 6.92 Å². The van der Waals surface area contributed by atoms with E-state index in [1.165, 1.54) is 70.6 Å². The van der Waals surface area contributed by atoms with Gasteiger partial charge in [-0.2, -0.15) is 0 Å². The van der Waals surface area contributed by atoms with Crippen molar-refractivity contribution in [1.82, 2.24) is 10.6 Å². The van der Waals surface area contributed by atoms with Crippen molar-refractivity contribution in [2.45, 2.75) is 194 Å². The molecule has 0 aromatic heterocycles. The van der Waals surface area contributed by atoms with Crippen LogP contribution < -0.4 is 10.6 Å². The van der Waals surface area contributed by atoms with Crippen molar-refractivity contribution in [2.75, 3.05) is 59.4 Å². The number of hydrogen-bond acceptors (Lipinski definition) is 10. The topological polar surface area (TPSA) is 204 Å². The van der Waals surface area contributed by atoms with Gasteiger partial charge in [-0.05, 0) is 32.1 Å². The number of amides is 2. The number of carboxylic acids is 2. The summed E-state index contributed by atoms with van der Waals surface area (Å²) in [5, 5.41) is 23.0. The normalized spacial score (nSPS) is 11.4. The number of carbonyl (C=O) groups is 6. The fourth-order valence-electron chi connectivity index (χ4n) is 5.94. The first-order chi connectivity index (χ1) is 28.6. The molecule has 0 aliphatic carbocycles. The number of aliphatic carboxylic acids is 2. The Labute approximate surface area is 356 Å².